The van der Waals surface area contributed by atoms with Gasteiger partial charge in [-0.25, -0.2) is 0 Å². The van der Waals surface area contributed by atoms with E-state index in [0.717, 1.165) is 24.4 Å². The van der Waals surface area contributed by atoms with Crippen molar-refractivity contribution < 1.29 is 9.53 Å². The highest BCUT2D eigenvalue weighted by molar-refractivity contribution is 5.94. The third-order valence-corrected chi connectivity index (χ3v) is 3.73. The van der Waals surface area contributed by atoms with Gasteiger partial charge in [-0.05, 0) is 38.6 Å². The fraction of sp³-hybridized carbons (Fsp3) is 0.500. The highest BCUT2D eigenvalue weighted by atomic mass is 16.5. The molecular formula is C14H21N3O2. The summed E-state index contributed by atoms with van der Waals surface area (Å²) in [5, 5.41) is 3.44. The summed E-state index contributed by atoms with van der Waals surface area (Å²) in [6.07, 6.45) is 1.07. The van der Waals surface area contributed by atoms with Gasteiger partial charge in [0.15, 0.2) is 0 Å². The van der Waals surface area contributed by atoms with Crippen LogP contribution in [0.4, 0.5) is 5.69 Å². The normalized spacial score (nSPS) is 23.3. The van der Waals surface area contributed by atoms with E-state index in [-0.39, 0.29) is 0 Å². The number of nitrogens with one attached hydrogen (secondary N) is 1. The molecule has 1 fully saturated rings. The van der Waals surface area contributed by atoms with Crippen LogP contribution in [0.1, 0.15) is 23.7 Å². The second kappa shape index (κ2) is 5.48. The van der Waals surface area contributed by atoms with E-state index in [1.807, 2.05) is 0 Å². The number of likely N-dealkylation sites (N-methyl/N-ethyl adjacent to an activating group) is 1. The van der Waals surface area contributed by atoms with Crippen LogP contribution in [0.25, 0.3) is 0 Å². The van der Waals surface area contributed by atoms with Crippen LogP contribution in [-0.2, 0) is 0 Å². The summed E-state index contributed by atoms with van der Waals surface area (Å²) >= 11 is 0. The average molecular weight is 263 g/mol. The van der Waals surface area contributed by atoms with Gasteiger partial charge in [0.05, 0.1) is 12.8 Å². The van der Waals surface area contributed by atoms with E-state index in [2.05, 4.69) is 24.2 Å². The predicted octanol–water partition coefficient (Wildman–Crippen LogP) is 1.30. The molecule has 104 valence electrons. The van der Waals surface area contributed by atoms with Crippen molar-refractivity contribution in [2.24, 2.45) is 5.73 Å². The zero-order valence-corrected chi connectivity index (χ0v) is 11.6. The molecule has 1 saturated heterocycles. The van der Waals surface area contributed by atoms with E-state index >= 15 is 0 Å². The molecule has 2 atom stereocenters. The third kappa shape index (κ3) is 2.98. The number of primary amides is 1. The van der Waals surface area contributed by atoms with Crippen LogP contribution in [0.5, 0.6) is 5.75 Å². The first kappa shape index (κ1) is 13.7. The van der Waals surface area contributed by atoms with Crippen molar-refractivity contribution >= 4 is 11.6 Å². The SMILES string of the molecule is COc1ccc(C(N)=O)cc1NC1CC(C)N(C)C1. The van der Waals surface area contributed by atoms with Gasteiger partial charge in [-0.15, -0.1) is 0 Å². The zero-order chi connectivity index (χ0) is 14.0. The Labute approximate surface area is 113 Å². The van der Waals surface area contributed by atoms with Crippen LogP contribution < -0.4 is 15.8 Å². The Morgan fingerprint density at radius 3 is 2.79 bits per heavy atom. The molecule has 0 radical (unpaired) electrons. The van der Waals surface area contributed by atoms with E-state index in [4.69, 9.17) is 10.5 Å². The maximum atomic E-state index is 11.2. The smallest absolute Gasteiger partial charge is 0.248 e. The third-order valence-electron chi connectivity index (χ3n) is 3.73. The molecule has 0 saturated carbocycles. The van der Waals surface area contributed by atoms with Crippen molar-refractivity contribution in [2.75, 3.05) is 26.0 Å². The number of rotatable bonds is 4. The molecule has 0 bridgehead atoms. The van der Waals surface area contributed by atoms with Gasteiger partial charge in [0.1, 0.15) is 5.75 Å². The number of methoxy groups -OCH3 is 1. The Bertz CT molecular complexity index is 466. The summed E-state index contributed by atoms with van der Waals surface area (Å²) in [7, 11) is 3.73. The van der Waals surface area contributed by atoms with Crippen molar-refractivity contribution in [2.45, 2.75) is 25.4 Å². The maximum absolute atomic E-state index is 11.2. The maximum Gasteiger partial charge on any atom is 0.248 e. The largest absolute Gasteiger partial charge is 0.495 e. The molecule has 1 aromatic carbocycles. The summed E-state index contributed by atoms with van der Waals surface area (Å²) in [6, 6.07) is 6.12. The zero-order valence-electron chi connectivity index (χ0n) is 11.6. The molecule has 1 aromatic rings. The van der Waals surface area contributed by atoms with Crippen molar-refractivity contribution in [1.82, 2.24) is 4.90 Å². The summed E-state index contributed by atoms with van der Waals surface area (Å²) < 4.78 is 5.32. The fourth-order valence-corrected chi connectivity index (χ4v) is 2.49. The van der Waals surface area contributed by atoms with Crippen LogP contribution in [0, 0.1) is 0 Å². The lowest BCUT2D eigenvalue weighted by Crippen LogP contribution is -2.25. The first-order chi connectivity index (χ1) is 9.01. The number of nitrogens with two attached hydrogens (primary N) is 1. The van der Waals surface area contributed by atoms with Crippen LogP contribution in [0.3, 0.4) is 0 Å². The molecule has 1 amide bonds. The Morgan fingerprint density at radius 2 is 2.26 bits per heavy atom. The number of carbonyl (C=O) groups is 1. The number of ether oxygens (including phenoxy) is 1. The van der Waals surface area contributed by atoms with E-state index in [1.54, 1.807) is 25.3 Å². The molecule has 5 nitrogen and oxygen atoms in total. The Balaban J connectivity index is 2.18. The minimum atomic E-state index is -0.428. The summed E-state index contributed by atoms with van der Waals surface area (Å²) in [5.74, 6) is 0.301. The lowest BCUT2D eigenvalue weighted by Gasteiger charge is -2.17. The number of carbonyl (C=O) groups excluding carboxylic acids is 1. The lowest BCUT2D eigenvalue weighted by molar-refractivity contribution is 0.100. The molecule has 2 unspecified atom stereocenters. The molecule has 1 heterocycles. The number of hydrogen-bond acceptors (Lipinski definition) is 4. The van der Waals surface area contributed by atoms with Crippen LogP contribution in [-0.4, -0.2) is 43.6 Å². The highest BCUT2D eigenvalue weighted by Crippen LogP contribution is 2.28. The summed E-state index contributed by atoms with van der Waals surface area (Å²) in [6.45, 7) is 3.18. The lowest BCUT2D eigenvalue weighted by atomic mass is 10.1. The van der Waals surface area contributed by atoms with Gasteiger partial charge in [-0.1, -0.05) is 0 Å². The molecule has 5 heteroatoms. The molecule has 3 N–H and O–H groups in total. The van der Waals surface area contributed by atoms with Crippen molar-refractivity contribution in [3.8, 4) is 5.75 Å². The monoisotopic (exact) mass is 263 g/mol. The van der Waals surface area contributed by atoms with Gasteiger partial charge in [0, 0.05) is 24.2 Å². The molecule has 1 aliphatic rings. The molecule has 19 heavy (non-hydrogen) atoms. The van der Waals surface area contributed by atoms with Gasteiger partial charge < -0.3 is 20.7 Å². The van der Waals surface area contributed by atoms with Gasteiger partial charge in [-0.2, -0.15) is 0 Å². The van der Waals surface area contributed by atoms with E-state index in [9.17, 15) is 4.79 Å². The standard InChI is InChI=1S/C14H21N3O2/c1-9-6-11(8-17(9)2)16-12-7-10(14(15)18)4-5-13(12)19-3/h4-5,7,9,11,16H,6,8H2,1-3H3,(H2,15,18). The number of nitrogens with zero attached hydrogens (tertiary/aromatic N) is 1. The Morgan fingerprint density at radius 1 is 1.53 bits per heavy atom. The van der Waals surface area contributed by atoms with Gasteiger partial charge in [0.25, 0.3) is 0 Å². The molecule has 2 rings (SSSR count). The number of likely N-dealkylation sites (tertiary alicyclic amines) is 1. The highest BCUT2D eigenvalue weighted by Gasteiger charge is 2.26. The molecule has 0 aromatic heterocycles. The van der Waals surface area contributed by atoms with Crippen molar-refractivity contribution in [1.29, 1.82) is 0 Å². The van der Waals surface area contributed by atoms with Gasteiger partial charge in [-0.3, -0.25) is 4.79 Å². The molecule has 1 aliphatic heterocycles. The second-order valence-corrected chi connectivity index (χ2v) is 5.14. The van der Waals surface area contributed by atoms with Crippen LogP contribution in [0.2, 0.25) is 0 Å². The predicted molar refractivity (Wildman–Crippen MR) is 75.6 cm³/mol. The van der Waals surface area contributed by atoms with Crippen LogP contribution >= 0.6 is 0 Å². The first-order valence-electron chi connectivity index (χ1n) is 6.46. The second-order valence-electron chi connectivity index (χ2n) is 5.14. The summed E-state index contributed by atoms with van der Waals surface area (Å²) in [4.78, 5) is 13.5. The Kier molecular flexibility index (Phi) is 3.95. The number of benzene rings is 1. The number of hydrogen-bond donors (Lipinski definition) is 2. The first-order valence-corrected chi connectivity index (χ1v) is 6.46. The van der Waals surface area contributed by atoms with E-state index in [1.165, 1.54) is 0 Å². The van der Waals surface area contributed by atoms with E-state index < -0.39 is 5.91 Å². The quantitative estimate of drug-likeness (QED) is 0.859. The molecule has 0 aliphatic carbocycles. The van der Waals surface area contributed by atoms with Gasteiger partial charge >= 0.3 is 0 Å². The molecular weight excluding hydrogens is 242 g/mol. The minimum Gasteiger partial charge on any atom is -0.495 e. The van der Waals surface area contributed by atoms with Gasteiger partial charge in [0.2, 0.25) is 5.91 Å². The number of anilines is 1. The average Bonchev–Trinajstić information content (AvgIpc) is 2.68. The fourth-order valence-electron chi connectivity index (χ4n) is 2.49. The molecule has 0 spiro atoms. The van der Waals surface area contributed by atoms with Crippen molar-refractivity contribution in [3.05, 3.63) is 23.8 Å². The minimum absolute atomic E-state index is 0.358. The Hall–Kier alpha value is -1.75. The van der Waals surface area contributed by atoms with Crippen molar-refractivity contribution in [3.63, 3.8) is 0 Å². The van der Waals surface area contributed by atoms with E-state index in [0.29, 0.717) is 17.6 Å². The number of amides is 1. The summed E-state index contributed by atoms with van der Waals surface area (Å²) in [5.41, 5.74) is 6.62. The van der Waals surface area contributed by atoms with Crippen LogP contribution in [0.15, 0.2) is 18.2 Å². The topological polar surface area (TPSA) is 67.6 Å².